The number of likely N-dealkylation sites (tertiary alicyclic amines) is 1. The molecule has 3 aliphatic rings. The minimum absolute atomic E-state index is 0.0297. The molecule has 5 heterocycles. The number of piperidine rings is 2. The number of anilines is 1. The summed E-state index contributed by atoms with van der Waals surface area (Å²) in [5, 5.41) is 14.6. The Morgan fingerprint density at radius 3 is 2.57 bits per heavy atom. The Bertz CT molecular complexity index is 1590. The average Bonchev–Trinajstić information content (AvgIpc) is 3.58. The van der Waals surface area contributed by atoms with E-state index in [0.717, 1.165) is 85.4 Å². The number of aromatic amines is 1. The number of likely N-dealkylation sites (N-methyl/N-ethyl adjacent to an activating group) is 1. The van der Waals surface area contributed by atoms with Crippen LogP contribution >= 0.6 is 23.2 Å². The van der Waals surface area contributed by atoms with Crippen LogP contribution in [0.15, 0.2) is 24.9 Å². The normalized spacial score (nSPS) is 21.8. The summed E-state index contributed by atoms with van der Waals surface area (Å²) in [7, 11) is 2.00. The summed E-state index contributed by atoms with van der Waals surface area (Å²) in [5.41, 5.74) is 3.41. The van der Waals surface area contributed by atoms with Crippen LogP contribution in [0.2, 0.25) is 10.0 Å². The molecule has 3 fully saturated rings. The van der Waals surface area contributed by atoms with Gasteiger partial charge in [-0.2, -0.15) is 10.2 Å². The van der Waals surface area contributed by atoms with Gasteiger partial charge < -0.3 is 14.7 Å². The SMILES string of the molecule is C=CC(=O)N1CCC(n2nc(N3CCC(CN4CCN(C)CC4=O)CC3(C)C)c(-c3c(Cl)c(Cl)cc4[nH]ncc34)c2C)CC1. The third-order valence-electron chi connectivity index (χ3n) is 9.84. The Labute approximate surface area is 268 Å². The van der Waals surface area contributed by atoms with E-state index in [1.807, 2.05) is 22.9 Å². The summed E-state index contributed by atoms with van der Waals surface area (Å²) in [4.78, 5) is 33.4. The van der Waals surface area contributed by atoms with Crippen LogP contribution in [0, 0.1) is 12.8 Å². The smallest absolute Gasteiger partial charge is 0.245 e. The van der Waals surface area contributed by atoms with Crippen LogP contribution < -0.4 is 4.90 Å². The lowest BCUT2D eigenvalue weighted by molar-refractivity contribution is -0.136. The number of aromatic nitrogens is 4. The van der Waals surface area contributed by atoms with Gasteiger partial charge in [-0.15, -0.1) is 0 Å². The lowest BCUT2D eigenvalue weighted by Gasteiger charge is -2.47. The van der Waals surface area contributed by atoms with Gasteiger partial charge >= 0.3 is 0 Å². The number of piperazine rings is 1. The van der Waals surface area contributed by atoms with Crippen molar-refractivity contribution in [2.45, 2.75) is 58.0 Å². The Hall–Kier alpha value is -3.08. The van der Waals surface area contributed by atoms with E-state index in [4.69, 9.17) is 28.3 Å². The van der Waals surface area contributed by atoms with Crippen LogP contribution in [0.1, 0.15) is 51.3 Å². The van der Waals surface area contributed by atoms with Crippen LogP contribution in [-0.4, -0.2) is 105 Å². The van der Waals surface area contributed by atoms with Crippen molar-refractivity contribution in [2.24, 2.45) is 5.92 Å². The summed E-state index contributed by atoms with van der Waals surface area (Å²) in [6.45, 7) is 15.4. The van der Waals surface area contributed by atoms with E-state index in [-0.39, 0.29) is 23.4 Å². The Kier molecular flexibility index (Phi) is 8.45. The van der Waals surface area contributed by atoms with Crippen LogP contribution in [-0.2, 0) is 9.59 Å². The number of nitrogens with one attached hydrogen (secondary N) is 1. The third kappa shape index (κ3) is 5.61. The Balaban J connectivity index is 1.37. The fourth-order valence-corrected chi connectivity index (χ4v) is 7.94. The minimum Gasteiger partial charge on any atom is -0.349 e. The van der Waals surface area contributed by atoms with Crippen molar-refractivity contribution in [3.8, 4) is 11.1 Å². The topological polar surface area (TPSA) is 93.6 Å². The van der Waals surface area contributed by atoms with E-state index in [2.05, 4.69) is 52.0 Å². The highest BCUT2D eigenvalue weighted by Gasteiger charge is 2.40. The van der Waals surface area contributed by atoms with Gasteiger partial charge in [-0.05, 0) is 71.6 Å². The lowest BCUT2D eigenvalue weighted by Crippen LogP contribution is -2.55. The number of H-pyrrole nitrogens is 1. The minimum atomic E-state index is -0.223. The number of carbonyl (C=O) groups excluding carboxylic acids is 2. The highest BCUT2D eigenvalue weighted by Crippen LogP contribution is 2.48. The predicted octanol–water partition coefficient (Wildman–Crippen LogP) is 5.16. The average molecular weight is 642 g/mol. The second-order valence-corrected chi connectivity index (χ2v) is 14.1. The number of fused-ring (bicyclic) bond motifs is 1. The number of nitrogens with zero attached hydrogens (tertiary/aromatic N) is 7. The zero-order chi connectivity index (χ0) is 31.3. The molecule has 1 N–H and O–H groups in total. The molecule has 3 saturated heterocycles. The first-order chi connectivity index (χ1) is 21.0. The van der Waals surface area contributed by atoms with Crippen molar-refractivity contribution in [3.05, 3.63) is 40.7 Å². The van der Waals surface area contributed by atoms with E-state index < -0.39 is 0 Å². The van der Waals surface area contributed by atoms with Gasteiger partial charge in [0.05, 0.1) is 34.3 Å². The van der Waals surface area contributed by atoms with Gasteiger partial charge in [-0.1, -0.05) is 29.8 Å². The summed E-state index contributed by atoms with van der Waals surface area (Å²) < 4.78 is 2.15. The van der Waals surface area contributed by atoms with Crippen molar-refractivity contribution >= 4 is 51.7 Å². The van der Waals surface area contributed by atoms with Gasteiger partial charge in [-0.3, -0.25) is 24.3 Å². The number of carbonyl (C=O) groups is 2. The second-order valence-electron chi connectivity index (χ2n) is 13.3. The first-order valence-corrected chi connectivity index (χ1v) is 16.3. The van der Waals surface area contributed by atoms with Crippen molar-refractivity contribution < 1.29 is 9.59 Å². The maximum atomic E-state index is 12.7. The molecule has 1 atom stereocenters. The van der Waals surface area contributed by atoms with Gasteiger partial charge in [0.25, 0.3) is 0 Å². The van der Waals surface area contributed by atoms with Gasteiger partial charge in [-0.25, -0.2) is 0 Å². The van der Waals surface area contributed by atoms with Crippen molar-refractivity contribution in [2.75, 3.05) is 57.8 Å². The van der Waals surface area contributed by atoms with E-state index in [0.29, 0.717) is 35.6 Å². The first-order valence-electron chi connectivity index (χ1n) is 15.5. The highest BCUT2D eigenvalue weighted by molar-refractivity contribution is 6.45. The molecule has 0 aliphatic carbocycles. The molecule has 0 bridgehead atoms. The van der Waals surface area contributed by atoms with Crippen LogP contribution in [0.5, 0.6) is 0 Å². The number of hydrogen-bond acceptors (Lipinski definition) is 6. The molecule has 1 aromatic carbocycles. The maximum Gasteiger partial charge on any atom is 0.245 e. The molecular formula is C32H42Cl2N8O2. The van der Waals surface area contributed by atoms with Gasteiger partial charge in [0.2, 0.25) is 11.8 Å². The number of halogens is 2. The van der Waals surface area contributed by atoms with Crippen LogP contribution in [0.3, 0.4) is 0 Å². The largest absolute Gasteiger partial charge is 0.349 e. The lowest BCUT2D eigenvalue weighted by atomic mass is 9.81. The molecule has 12 heteroatoms. The van der Waals surface area contributed by atoms with Crippen molar-refractivity contribution in [1.82, 2.24) is 34.7 Å². The molecule has 0 saturated carbocycles. The fourth-order valence-electron chi connectivity index (χ4n) is 7.49. The number of hydrogen-bond donors (Lipinski definition) is 1. The molecule has 44 heavy (non-hydrogen) atoms. The molecule has 236 valence electrons. The maximum absolute atomic E-state index is 12.7. The molecule has 1 unspecified atom stereocenters. The molecule has 2 aromatic heterocycles. The fraction of sp³-hybridized carbons (Fsp3) is 0.562. The molecule has 3 aromatic rings. The first kappa shape index (κ1) is 30.9. The molecule has 2 amide bonds. The van der Waals surface area contributed by atoms with Crippen LogP contribution in [0.25, 0.3) is 22.0 Å². The van der Waals surface area contributed by atoms with Gasteiger partial charge in [0.15, 0.2) is 5.82 Å². The second kappa shape index (κ2) is 12.0. The van der Waals surface area contributed by atoms with Crippen molar-refractivity contribution in [3.63, 3.8) is 0 Å². The van der Waals surface area contributed by atoms with E-state index in [1.165, 1.54) is 6.08 Å². The summed E-state index contributed by atoms with van der Waals surface area (Å²) in [6.07, 6.45) is 6.69. The molecule has 10 nitrogen and oxygen atoms in total. The zero-order valence-corrected chi connectivity index (χ0v) is 27.6. The van der Waals surface area contributed by atoms with Gasteiger partial charge in [0, 0.05) is 67.0 Å². The molecule has 3 aliphatic heterocycles. The summed E-state index contributed by atoms with van der Waals surface area (Å²) in [5.74, 6) is 1.48. The standard InChI is InChI=1S/C32H42Cl2N8O2/c1-6-26(43)39-10-8-22(9-11-39)42-20(2)28(29-23-17-35-36-25(23)15-24(33)30(29)34)31(37-42)41-12-7-21(16-32(41,3)4)18-40-14-13-38(5)19-27(40)44/h6,15,17,21-22H,1,7-14,16,18-19H2,2-5H3,(H,35,36). The Morgan fingerprint density at radius 1 is 1.14 bits per heavy atom. The van der Waals surface area contributed by atoms with E-state index in [1.54, 1.807) is 6.20 Å². The summed E-state index contributed by atoms with van der Waals surface area (Å²) >= 11 is 13.7. The zero-order valence-electron chi connectivity index (χ0n) is 26.1. The molecule has 6 rings (SSSR count). The predicted molar refractivity (Wildman–Crippen MR) is 175 cm³/mol. The van der Waals surface area contributed by atoms with Crippen molar-refractivity contribution in [1.29, 1.82) is 0 Å². The molecular weight excluding hydrogens is 599 g/mol. The quantitative estimate of drug-likeness (QED) is 0.374. The third-order valence-corrected chi connectivity index (χ3v) is 10.6. The molecule has 0 radical (unpaired) electrons. The number of amides is 2. The number of rotatable bonds is 6. The van der Waals surface area contributed by atoms with E-state index in [9.17, 15) is 9.59 Å². The van der Waals surface area contributed by atoms with Crippen LogP contribution in [0.4, 0.5) is 5.82 Å². The monoisotopic (exact) mass is 640 g/mol. The molecule has 0 spiro atoms. The Morgan fingerprint density at radius 2 is 1.89 bits per heavy atom. The van der Waals surface area contributed by atoms with Gasteiger partial charge in [0.1, 0.15) is 0 Å². The highest BCUT2D eigenvalue weighted by atomic mass is 35.5. The summed E-state index contributed by atoms with van der Waals surface area (Å²) in [6, 6.07) is 1.95. The van der Waals surface area contributed by atoms with E-state index >= 15 is 0 Å². The number of benzene rings is 1.